The molecule has 6 heteroatoms. The van der Waals surface area contributed by atoms with E-state index in [1.165, 1.54) is 19.3 Å². The Morgan fingerprint density at radius 1 is 1.12 bits per heavy atom. The van der Waals surface area contributed by atoms with Crippen molar-refractivity contribution >= 4 is 0 Å². The Morgan fingerprint density at radius 2 is 1.92 bits per heavy atom. The van der Waals surface area contributed by atoms with Crippen LogP contribution < -0.4 is 5.56 Å². The molecule has 138 valence electrons. The highest BCUT2D eigenvalue weighted by Crippen LogP contribution is 2.34. The van der Waals surface area contributed by atoms with E-state index in [2.05, 4.69) is 15.0 Å². The van der Waals surface area contributed by atoms with Gasteiger partial charge in [0.25, 0.3) is 5.56 Å². The first-order valence-corrected chi connectivity index (χ1v) is 9.76. The molecule has 0 amide bonds. The molecule has 1 saturated heterocycles. The lowest BCUT2D eigenvalue weighted by Gasteiger charge is -2.32. The van der Waals surface area contributed by atoms with Crippen LogP contribution in [0.5, 0.6) is 0 Å². The van der Waals surface area contributed by atoms with Crippen molar-refractivity contribution in [3.8, 4) is 0 Å². The Kier molecular flexibility index (Phi) is 5.11. The van der Waals surface area contributed by atoms with Crippen molar-refractivity contribution in [2.24, 2.45) is 5.92 Å². The molecule has 1 aliphatic heterocycles. The Hall–Kier alpha value is -2.08. The molecule has 2 aromatic heterocycles. The van der Waals surface area contributed by atoms with Crippen LogP contribution in [0.4, 0.5) is 0 Å². The van der Waals surface area contributed by atoms with E-state index in [9.17, 15) is 4.79 Å². The molecule has 2 aromatic rings. The fourth-order valence-electron chi connectivity index (χ4n) is 3.85. The van der Waals surface area contributed by atoms with Gasteiger partial charge in [-0.05, 0) is 63.7 Å². The normalized spacial score (nSPS) is 19.4. The van der Waals surface area contributed by atoms with E-state index in [1.807, 2.05) is 19.2 Å². The number of hydrogen-bond acceptors (Lipinski definition) is 5. The molecule has 0 atom stereocenters. The molecule has 0 aromatic carbocycles. The maximum absolute atomic E-state index is 11.9. The van der Waals surface area contributed by atoms with Gasteiger partial charge in [0.05, 0.1) is 11.4 Å². The van der Waals surface area contributed by atoms with Crippen LogP contribution in [0.15, 0.2) is 29.2 Å². The van der Waals surface area contributed by atoms with Gasteiger partial charge in [-0.2, -0.15) is 5.10 Å². The quantitative estimate of drug-likeness (QED) is 0.826. The third kappa shape index (κ3) is 4.01. The van der Waals surface area contributed by atoms with Gasteiger partial charge >= 0.3 is 0 Å². The van der Waals surface area contributed by atoms with E-state index in [1.54, 1.807) is 16.8 Å². The smallest absolute Gasteiger partial charge is 0.266 e. The summed E-state index contributed by atoms with van der Waals surface area (Å²) in [4.78, 5) is 23.7. The number of nitrogens with zero attached hydrogens (tertiary/aromatic N) is 5. The molecule has 0 unspecified atom stereocenters. The van der Waals surface area contributed by atoms with Gasteiger partial charge < -0.3 is 0 Å². The van der Waals surface area contributed by atoms with Crippen LogP contribution in [0.3, 0.4) is 0 Å². The molecular weight excluding hydrogens is 326 g/mol. The molecule has 0 spiro atoms. The van der Waals surface area contributed by atoms with E-state index in [0.717, 1.165) is 56.2 Å². The van der Waals surface area contributed by atoms with E-state index >= 15 is 0 Å². The number of piperidine rings is 1. The second kappa shape index (κ2) is 7.66. The molecule has 3 heterocycles. The fourth-order valence-corrected chi connectivity index (χ4v) is 3.85. The maximum atomic E-state index is 11.9. The Bertz CT molecular complexity index is 806. The number of rotatable bonds is 5. The topological polar surface area (TPSA) is 63.9 Å². The molecule has 6 nitrogen and oxygen atoms in total. The van der Waals surface area contributed by atoms with Crippen molar-refractivity contribution in [1.82, 2.24) is 24.6 Å². The summed E-state index contributed by atoms with van der Waals surface area (Å²) in [7, 11) is 0. The van der Waals surface area contributed by atoms with Gasteiger partial charge in [-0.15, -0.1) is 0 Å². The molecule has 0 radical (unpaired) electrons. The van der Waals surface area contributed by atoms with E-state index in [4.69, 9.17) is 4.98 Å². The summed E-state index contributed by atoms with van der Waals surface area (Å²) < 4.78 is 1.63. The monoisotopic (exact) mass is 353 g/mol. The molecule has 0 N–H and O–H groups in total. The Morgan fingerprint density at radius 3 is 2.65 bits per heavy atom. The van der Waals surface area contributed by atoms with Crippen LogP contribution >= 0.6 is 0 Å². The van der Waals surface area contributed by atoms with Crippen molar-refractivity contribution in [2.75, 3.05) is 13.1 Å². The summed E-state index contributed by atoms with van der Waals surface area (Å²) >= 11 is 0. The Labute approximate surface area is 154 Å². The molecule has 26 heavy (non-hydrogen) atoms. The minimum atomic E-state index is 0.00235. The lowest BCUT2D eigenvalue weighted by molar-refractivity contribution is 0.161. The number of hydrogen-bond donors (Lipinski definition) is 0. The van der Waals surface area contributed by atoms with Gasteiger partial charge in [0.15, 0.2) is 0 Å². The van der Waals surface area contributed by atoms with Crippen LogP contribution in [0.2, 0.25) is 0 Å². The standard InChI is InChI=1S/C20H27N5O/c1-15-5-6-19(26)25(23-15)13-16-8-11-24(12-9-16)14-18-7-10-21-20(22-18)17-3-2-4-17/h5-7,10,16-17H,2-4,8-9,11-14H2,1H3. The first-order chi connectivity index (χ1) is 12.7. The number of likely N-dealkylation sites (tertiary alicyclic amines) is 1. The summed E-state index contributed by atoms with van der Waals surface area (Å²) in [5.74, 6) is 2.14. The minimum absolute atomic E-state index is 0.00235. The van der Waals surface area contributed by atoms with Crippen LogP contribution in [0, 0.1) is 12.8 Å². The molecule has 2 fully saturated rings. The second-order valence-corrected chi connectivity index (χ2v) is 7.75. The van der Waals surface area contributed by atoms with Crippen LogP contribution in [-0.2, 0) is 13.1 Å². The first kappa shape index (κ1) is 17.3. The molecule has 4 rings (SSSR count). The summed E-state index contributed by atoms with van der Waals surface area (Å²) in [5.41, 5.74) is 2.03. The average molecular weight is 353 g/mol. The zero-order chi connectivity index (χ0) is 17.9. The van der Waals surface area contributed by atoms with Crippen molar-refractivity contribution in [1.29, 1.82) is 0 Å². The highest BCUT2D eigenvalue weighted by atomic mass is 16.1. The van der Waals surface area contributed by atoms with Gasteiger partial charge in [-0.25, -0.2) is 14.6 Å². The third-order valence-electron chi connectivity index (χ3n) is 5.73. The van der Waals surface area contributed by atoms with Gasteiger partial charge in [0, 0.05) is 31.3 Å². The SMILES string of the molecule is Cc1ccc(=O)n(CC2CCN(Cc3ccnc(C4CCC4)n3)CC2)n1. The van der Waals surface area contributed by atoms with Gasteiger partial charge in [-0.3, -0.25) is 9.69 Å². The fraction of sp³-hybridized carbons (Fsp3) is 0.600. The van der Waals surface area contributed by atoms with Crippen molar-refractivity contribution < 1.29 is 0 Å². The molecule has 0 bridgehead atoms. The van der Waals surface area contributed by atoms with E-state index < -0.39 is 0 Å². The van der Waals surface area contributed by atoms with Crippen molar-refractivity contribution in [3.05, 3.63) is 52.0 Å². The predicted molar refractivity (Wildman–Crippen MR) is 99.9 cm³/mol. The third-order valence-corrected chi connectivity index (χ3v) is 5.73. The van der Waals surface area contributed by atoms with Gasteiger partial charge in [0.2, 0.25) is 0 Å². The van der Waals surface area contributed by atoms with E-state index in [0.29, 0.717) is 11.8 Å². The van der Waals surface area contributed by atoms with Crippen LogP contribution in [-0.4, -0.2) is 37.7 Å². The Balaban J connectivity index is 1.31. The zero-order valence-corrected chi connectivity index (χ0v) is 15.5. The van der Waals surface area contributed by atoms with E-state index in [-0.39, 0.29) is 5.56 Å². The summed E-state index contributed by atoms with van der Waals surface area (Å²) in [6, 6.07) is 5.44. The van der Waals surface area contributed by atoms with Crippen molar-refractivity contribution in [3.63, 3.8) is 0 Å². The lowest BCUT2D eigenvalue weighted by atomic mass is 9.85. The average Bonchev–Trinajstić information content (AvgIpc) is 2.59. The zero-order valence-electron chi connectivity index (χ0n) is 15.5. The first-order valence-electron chi connectivity index (χ1n) is 9.76. The van der Waals surface area contributed by atoms with Crippen LogP contribution in [0.1, 0.15) is 55.2 Å². The summed E-state index contributed by atoms with van der Waals surface area (Å²) in [5, 5.41) is 4.37. The van der Waals surface area contributed by atoms with Gasteiger partial charge in [-0.1, -0.05) is 6.42 Å². The maximum Gasteiger partial charge on any atom is 0.266 e. The molecule has 1 saturated carbocycles. The molecule has 1 aliphatic carbocycles. The predicted octanol–water partition coefficient (Wildman–Crippen LogP) is 2.52. The lowest BCUT2D eigenvalue weighted by Crippen LogP contribution is -2.36. The highest BCUT2D eigenvalue weighted by molar-refractivity contribution is 5.08. The second-order valence-electron chi connectivity index (χ2n) is 7.75. The molecule has 2 aliphatic rings. The summed E-state index contributed by atoms with van der Waals surface area (Å²) in [6.45, 7) is 5.66. The number of aromatic nitrogens is 4. The van der Waals surface area contributed by atoms with Gasteiger partial charge in [0.1, 0.15) is 5.82 Å². The largest absolute Gasteiger partial charge is 0.297 e. The van der Waals surface area contributed by atoms with Crippen molar-refractivity contribution in [2.45, 2.75) is 58.0 Å². The molecular formula is C20H27N5O. The number of aryl methyl sites for hydroxylation is 1. The minimum Gasteiger partial charge on any atom is -0.297 e. The van der Waals surface area contributed by atoms with Crippen LogP contribution in [0.25, 0.3) is 0 Å². The summed E-state index contributed by atoms with van der Waals surface area (Å²) in [6.07, 6.45) is 7.90. The highest BCUT2D eigenvalue weighted by Gasteiger charge is 2.24.